The molecule has 1 aliphatic rings. The second-order valence-electron chi connectivity index (χ2n) is 4.59. The molecule has 2 nitrogen and oxygen atoms in total. The highest BCUT2D eigenvalue weighted by molar-refractivity contribution is 5.39. The van der Waals surface area contributed by atoms with E-state index < -0.39 is 0 Å². The number of fused-ring (bicyclic) bond motifs is 1. The van der Waals surface area contributed by atoms with Crippen LogP contribution < -0.4 is 10.1 Å². The van der Waals surface area contributed by atoms with Gasteiger partial charge in [-0.2, -0.15) is 0 Å². The molecule has 0 saturated heterocycles. The third-order valence-corrected chi connectivity index (χ3v) is 2.78. The number of benzene rings is 1. The fourth-order valence-electron chi connectivity index (χ4n) is 2.08. The van der Waals surface area contributed by atoms with Gasteiger partial charge >= 0.3 is 0 Å². The van der Waals surface area contributed by atoms with Gasteiger partial charge in [-0.05, 0) is 39.1 Å². The van der Waals surface area contributed by atoms with Crippen LogP contribution in [0.3, 0.4) is 0 Å². The lowest BCUT2D eigenvalue weighted by molar-refractivity contribution is 0.0672. The first-order valence-electron chi connectivity index (χ1n) is 5.17. The van der Waals surface area contributed by atoms with Crippen LogP contribution in [0.4, 0.5) is 4.39 Å². The molecule has 1 aromatic rings. The first-order valence-corrected chi connectivity index (χ1v) is 5.17. The van der Waals surface area contributed by atoms with Crippen LogP contribution in [0.25, 0.3) is 0 Å². The number of ether oxygens (including phenoxy) is 1. The third kappa shape index (κ3) is 1.97. The Morgan fingerprint density at radius 1 is 1.47 bits per heavy atom. The predicted octanol–water partition coefficient (Wildman–Crippen LogP) is 2.65. The molecule has 0 aromatic heterocycles. The molecule has 1 aliphatic heterocycles. The number of hydrogen-bond acceptors (Lipinski definition) is 2. The summed E-state index contributed by atoms with van der Waals surface area (Å²) < 4.78 is 18.9. The third-order valence-electron chi connectivity index (χ3n) is 2.78. The van der Waals surface area contributed by atoms with E-state index in [1.807, 2.05) is 20.9 Å². The first kappa shape index (κ1) is 10.4. The molecule has 1 N–H and O–H groups in total. The molecule has 0 bridgehead atoms. The summed E-state index contributed by atoms with van der Waals surface area (Å²) in [5.74, 6) is 0.573. The summed E-state index contributed by atoms with van der Waals surface area (Å²) in [4.78, 5) is 0. The first-order chi connectivity index (χ1) is 7.02. The van der Waals surface area contributed by atoms with E-state index in [1.165, 1.54) is 6.07 Å². The Balaban J connectivity index is 2.44. The Hall–Kier alpha value is -1.09. The topological polar surface area (TPSA) is 21.3 Å². The summed E-state index contributed by atoms with van der Waals surface area (Å²) in [5.41, 5.74) is 0.718. The standard InChI is InChI=1S/C12H16FNO/c1-12(2)7-10(14-3)9-6-8(13)4-5-11(9)15-12/h4-6,10,14H,7H2,1-3H3. The Labute approximate surface area is 89.4 Å². The van der Waals surface area contributed by atoms with Gasteiger partial charge in [0.1, 0.15) is 17.2 Å². The summed E-state index contributed by atoms with van der Waals surface area (Å²) in [7, 11) is 1.89. The van der Waals surface area contributed by atoms with Crippen LogP contribution in [0, 0.1) is 5.82 Å². The van der Waals surface area contributed by atoms with Gasteiger partial charge in [0.15, 0.2) is 0 Å². The van der Waals surface area contributed by atoms with Crippen molar-refractivity contribution < 1.29 is 9.13 Å². The molecule has 0 radical (unpaired) electrons. The van der Waals surface area contributed by atoms with Crippen molar-refractivity contribution in [1.29, 1.82) is 0 Å². The highest BCUT2D eigenvalue weighted by atomic mass is 19.1. The van der Waals surface area contributed by atoms with Gasteiger partial charge in [0.05, 0.1) is 0 Å². The molecule has 82 valence electrons. The maximum Gasteiger partial charge on any atom is 0.125 e. The molecule has 1 atom stereocenters. The van der Waals surface area contributed by atoms with Crippen molar-refractivity contribution >= 4 is 0 Å². The van der Waals surface area contributed by atoms with Crippen LogP contribution in [0.15, 0.2) is 18.2 Å². The zero-order chi connectivity index (χ0) is 11.1. The zero-order valence-electron chi connectivity index (χ0n) is 9.30. The maximum atomic E-state index is 13.1. The lowest BCUT2D eigenvalue weighted by Crippen LogP contribution is -2.38. The lowest BCUT2D eigenvalue weighted by Gasteiger charge is -2.37. The van der Waals surface area contributed by atoms with E-state index >= 15 is 0 Å². The highest BCUT2D eigenvalue weighted by Crippen LogP contribution is 2.39. The van der Waals surface area contributed by atoms with Crippen LogP contribution in [-0.2, 0) is 0 Å². The molecule has 3 heteroatoms. The predicted molar refractivity (Wildman–Crippen MR) is 57.5 cm³/mol. The van der Waals surface area contributed by atoms with Crippen molar-refractivity contribution in [2.24, 2.45) is 0 Å². The molecular weight excluding hydrogens is 193 g/mol. The van der Waals surface area contributed by atoms with E-state index in [-0.39, 0.29) is 17.5 Å². The van der Waals surface area contributed by atoms with E-state index in [0.717, 1.165) is 17.7 Å². The normalized spacial score (nSPS) is 23.1. The maximum absolute atomic E-state index is 13.1. The molecule has 0 saturated carbocycles. The van der Waals surface area contributed by atoms with Crippen LogP contribution in [-0.4, -0.2) is 12.6 Å². The monoisotopic (exact) mass is 209 g/mol. The Bertz CT molecular complexity index is 376. The Morgan fingerprint density at radius 3 is 2.87 bits per heavy atom. The number of halogens is 1. The lowest BCUT2D eigenvalue weighted by atomic mass is 9.90. The van der Waals surface area contributed by atoms with Gasteiger partial charge in [-0.1, -0.05) is 0 Å². The van der Waals surface area contributed by atoms with Crippen molar-refractivity contribution in [3.8, 4) is 5.75 Å². The second-order valence-corrected chi connectivity index (χ2v) is 4.59. The number of hydrogen-bond donors (Lipinski definition) is 1. The second kappa shape index (κ2) is 3.49. The Morgan fingerprint density at radius 2 is 2.20 bits per heavy atom. The fraction of sp³-hybridized carbons (Fsp3) is 0.500. The van der Waals surface area contributed by atoms with E-state index in [4.69, 9.17) is 4.74 Å². The molecule has 1 unspecified atom stereocenters. The number of rotatable bonds is 1. The van der Waals surface area contributed by atoms with Gasteiger partial charge in [-0.25, -0.2) is 4.39 Å². The largest absolute Gasteiger partial charge is 0.487 e. The van der Waals surface area contributed by atoms with E-state index in [1.54, 1.807) is 12.1 Å². The van der Waals surface area contributed by atoms with Crippen molar-refractivity contribution in [2.75, 3.05) is 7.05 Å². The fourth-order valence-corrected chi connectivity index (χ4v) is 2.08. The van der Waals surface area contributed by atoms with Crippen molar-refractivity contribution in [1.82, 2.24) is 5.32 Å². The summed E-state index contributed by atoms with van der Waals surface area (Å²) in [6, 6.07) is 4.86. The zero-order valence-corrected chi connectivity index (χ0v) is 9.30. The minimum atomic E-state index is -0.211. The van der Waals surface area contributed by atoms with Gasteiger partial charge in [-0.15, -0.1) is 0 Å². The summed E-state index contributed by atoms with van der Waals surface area (Å²) in [6.45, 7) is 4.09. The van der Waals surface area contributed by atoms with Crippen LogP contribution in [0.2, 0.25) is 0 Å². The van der Waals surface area contributed by atoms with Crippen molar-refractivity contribution in [2.45, 2.75) is 31.9 Å². The molecule has 15 heavy (non-hydrogen) atoms. The molecule has 0 amide bonds. The highest BCUT2D eigenvalue weighted by Gasteiger charge is 2.32. The minimum Gasteiger partial charge on any atom is -0.487 e. The smallest absolute Gasteiger partial charge is 0.125 e. The number of nitrogens with one attached hydrogen (secondary N) is 1. The molecule has 2 rings (SSSR count). The molecular formula is C12H16FNO. The summed E-state index contributed by atoms with van der Waals surface area (Å²) in [6.07, 6.45) is 0.847. The summed E-state index contributed by atoms with van der Waals surface area (Å²) in [5, 5.41) is 3.20. The summed E-state index contributed by atoms with van der Waals surface area (Å²) >= 11 is 0. The van der Waals surface area contributed by atoms with Gasteiger partial charge in [0.25, 0.3) is 0 Å². The van der Waals surface area contributed by atoms with Crippen molar-refractivity contribution in [3.63, 3.8) is 0 Å². The molecule has 0 spiro atoms. The molecule has 0 aliphatic carbocycles. The Kier molecular flexibility index (Phi) is 2.43. The van der Waals surface area contributed by atoms with E-state index in [0.29, 0.717) is 0 Å². The van der Waals surface area contributed by atoms with Gasteiger partial charge in [0, 0.05) is 18.0 Å². The quantitative estimate of drug-likeness (QED) is 0.767. The van der Waals surface area contributed by atoms with Crippen LogP contribution >= 0.6 is 0 Å². The van der Waals surface area contributed by atoms with Gasteiger partial charge in [-0.3, -0.25) is 0 Å². The van der Waals surface area contributed by atoms with E-state index in [9.17, 15) is 4.39 Å². The molecule has 0 fully saturated rings. The minimum absolute atomic E-state index is 0.166. The molecule has 1 aromatic carbocycles. The van der Waals surface area contributed by atoms with E-state index in [2.05, 4.69) is 5.32 Å². The average molecular weight is 209 g/mol. The SMILES string of the molecule is CNC1CC(C)(C)Oc2ccc(F)cc21. The molecule has 1 heterocycles. The van der Waals surface area contributed by atoms with Crippen molar-refractivity contribution in [3.05, 3.63) is 29.6 Å². The average Bonchev–Trinajstić information content (AvgIpc) is 2.16. The van der Waals surface area contributed by atoms with Crippen LogP contribution in [0.1, 0.15) is 31.9 Å². The van der Waals surface area contributed by atoms with Gasteiger partial charge < -0.3 is 10.1 Å². The van der Waals surface area contributed by atoms with Crippen LogP contribution in [0.5, 0.6) is 5.75 Å². The van der Waals surface area contributed by atoms with Gasteiger partial charge in [0.2, 0.25) is 0 Å².